The van der Waals surface area contributed by atoms with Gasteiger partial charge in [-0.05, 0) is 57.2 Å². The molecule has 0 radical (unpaired) electrons. The standard InChI is InChI=1S/C25H33NO6/c1-25(2,3)32-24(27)26-15-14-22(23(18-26)29-17-16-28-4)31-21-12-10-20(11-13-21)30-19-8-6-5-7-9-19/h5-13,22-23H,14-18H2,1-4H3/t22-,23-/m1/s1. The summed E-state index contributed by atoms with van der Waals surface area (Å²) in [5, 5.41) is 0. The first kappa shape index (κ1) is 23.9. The largest absolute Gasteiger partial charge is 0.488 e. The Kier molecular flexibility index (Phi) is 8.36. The van der Waals surface area contributed by atoms with Gasteiger partial charge in [-0.15, -0.1) is 0 Å². The Morgan fingerprint density at radius 3 is 2.25 bits per heavy atom. The molecule has 0 spiro atoms. The van der Waals surface area contributed by atoms with E-state index in [0.717, 1.165) is 17.2 Å². The zero-order valence-electron chi connectivity index (χ0n) is 19.3. The highest BCUT2D eigenvalue weighted by Gasteiger charge is 2.35. The molecule has 1 aliphatic rings. The highest BCUT2D eigenvalue weighted by Crippen LogP contribution is 2.27. The highest BCUT2D eigenvalue weighted by atomic mass is 16.6. The maximum atomic E-state index is 12.5. The fourth-order valence-corrected chi connectivity index (χ4v) is 3.35. The molecule has 0 saturated carbocycles. The summed E-state index contributed by atoms with van der Waals surface area (Å²) in [6.07, 6.45) is -0.170. The van der Waals surface area contributed by atoms with E-state index in [4.69, 9.17) is 23.7 Å². The van der Waals surface area contributed by atoms with Gasteiger partial charge < -0.3 is 28.6 Å². The Morgan fingerprint density at radius 1 is 0.938 bits per heavy atom. The molecular formula is C25H33NO6. The van der Waals surface area contributed by atoms with E-state index in [9.17, 15) is 4.79 Å². The van der Waals surface area contributed by atoms with Crippen LogP contribution in [0.1, 0.15) is 27.2 Å². The molecule has 0 bridgehead atoms. The zero-order valence-corrected chi connectivity index (χ0v) is 19.3. The lowest BCUT2D eigenvalue weighted by molar-refractivity contribution is -0.0808. The SMILES string of the molecule is COCCO[C@@H]1CN(C(=O)OC(C)(C)C)CC[C@H]1Oc1ccc(Oc2ccccc2)cc1. The Labute approximate surface area is 190 Å². The average Bonchev–Trinajstić information content (AvgIpc) is 2.76. The molecular weight excluding hydrogens is 410 g/mol. The van der Waals surface area contributed by atoms with Crippen molar-refractivity contribution in [2.45, 2.75) is 45.0 Å². The molecule has 7 nitrogen and oxygen atoms in total. The summed E-state index contributed by atoms with van der Waals surface area (Å²) in [5.74, 6) is 2.24. The highest BCUT2D eigenvalue weighted by molar-refractivity contribution is 5.68. The van der Waals surface area contributed by atoms with E-state index in [1.165, 1.54) is 0 Å². The first-order valence-corrected chi connectivity index (χ1v) is 10.9. The van der Waals surface area contributed by atoms with E-state index in [1.807, 2.05) is 75.4 Å². The van der Waals surface area contributed by atoms with Crippen LogP contribution in [0.4, 0.5) is 4.79 Å². The van der Waals surface area contributed by atoms with E-state index >= 15 is 0 Å². The molecule has 1 saturated heterocycles. The summed E-state index contributed by atoms with van der Waals surface area (Å²) >= 11 is 0. The van der Waals surface area contributed by atoms with Crippen LogP contribution in [0, 0.1) is 0 Å². The van der Waals surface area contributed by atoms with Crippen molar-refractivity contribution in [2.75, 3.05) is 33.4 Å². The summed E-state index contributed by atoms with van der Waals surface area (Å²) in [5.41, 5.74) is -0.541. The van der Waals surface area contributed by atoms with Crippen LogP contribution in [-0.2, 0) is 14.2 Å². The second kappa shape index (κ2) is 11.2. The molecule has 1 heterocycles. The Balaban J connectivity index is 1.61. The molecule has 2 aromatic rings. The number of carbonyl (C=O) groups excluding carboxylic acids is 1. The van der Waals surface area contributed by atoms with E-state index in [0.29, 0.717) is 32.7 Å². The summed E-state index contributed by atoms with van der Waals surface area (Å²) in [7, 11) is 1.63. The van der Waals surface area contributed by atoms with Crippen molar-refractivity contribution in [3.05, 3.63) is 54.6 Å². The van der Waals surface area contributed by atoms with Gasteiger partial charge in [-0.3, -0.25) is 0 Å². The third kappa shape index (κ3) is 7.43. The minimum atomic E-state index is -0.541. The third-order valence-electron chi connectivity index (χ3n) is 4.86. The fourth-order valence-electron chi connectivity index (χ4n) is 3.35. The zero-order chi connectivity index (χ0) is 23.0. The number of benzene rings is 2. The van der Waals surface area contributed by atoms with Gasteiger partial charge in [0.15, 0.2) is 0 Å². The minimum Gasteiger partial charge on any atom is -0.488 e. The quantitative estimate of drug-likeness (QED) is 0.541. The smallest absolute Gasteiger partial charge is 0.410 e. The number of piperidine rings is 1. The van der Waals surface area contributed by atoms with Gasteiger partial charge >= 0.3 is 6.09 Å². The molecule has 2 atom stereocenters. The van der Waals surface area contributed by atoms with Crippen LogP contribution in [-0.4, -0.2) is 62.2 Å². The first-order chi connectivity index (χ1) is 15.3. The molecule has 2 aromatic carbocycles. The van der Waals surface area contributed by atoms with Gasteiger partial charge in [-0.25, -0.2) is 4.79 Å². The number of amides is 1. The molecule has 1 aliphatic heterocycles. The Bertz CT molecular complexity index is 834. The summed E-state index contributed by atoms with van der Waals surface area (Å²) in [6, 6.07) is 17.1. The molecule has 174 valence electrons. The topological polar surface area (TPSA) is 66.5 Å². The Morgan fingerprint density at radius 2 is 1.59 bits per heavy atom. The number of hydrogen-bond acceptors (Lipinski definition) is 6. The molecule has 1 fully saturated rings. The van der Waals surface area contributed by atoms with Crippen molar-refractivity contribution < 1.29 is 28.5 Å². The number of nitrogens with zero attached hydrogens (tertiary/aromatic N) is 1. The molecule has 0 N–H and O–H groups in total. The van der Waals surface area contributed by atoms with Crippen molar-refractivity contribution in [3.63, 3.8) is 0 Å². The molecule has 1 amide bonds. The number of carbonyl (C=O) groups is 1. The number of methoxy groups -OCH3 is 1. The summed E-state index contributed by atoms with van der Waals surface area (Å²) < 4.78 is 28.7. The first-order valence-electron chi connectivity index (χ1n) is 10.9. The lowest BCUT2D eigenvalue weighted by Gasteiger charge is -2.38. The maximum absolute atomic E-state index is 12.5. The van der Waals surface area contributed by atoms with Crippen molar-refractivity contribution in [3.8, 4) is 17.2 Å². The van der Waals surface area contributed by atoms with Crippen LogP contribution < -0.4 is 9.47 Å². The Hall–Kier alpha value is -2.77. The van der Waals surface area contributed by atoms with E-state index < -0.39 is 5.60 Å². The van der Waals surface area contributed by atoms with Crippen molar-refractivity contribution in [1.82, 2.24) is 4.90 Å². The normalized spacial score (nSPS) is 18.8. The molecule has 7 heteroatoms. The van der Waals surface area contributed by atoms with Gasteiger partial charge in [0, 0.05) is 20.1 Å². The second-order valence-corrected chi connectivity index (χ2v) is 8.66. The number of para-hydroxylation sites is 1. The minimum absolute atomic E-state index is 0.188. The predicted molar refractivity (Wildman–Crippen MR) is 121 cm³/mol. The van der Waals surface area contributed by atoms with Crippen LogP contribution in [0.15, 0.2) is 54.6 Å². The van der Waals surface area contributed by atoms with E-state index in [-0.39, 0.29) is 18.3 Å². The van der Waals surface area contributed by atoms with Crippen molar-refractivity contribution in [1.29, 1.82) is 0 Å². The molecule has 3 rings (SSSR count). The number of rotatable bonds is 8. The van der Waals surface area contributed by atoms with Crippen LogP contribution in [0.3, 0.4) is 0 Å². The van der Waals surface area contributed by atoms with Crippen LogP contribution in [0.2, 0.25) is 0 Å². The molecule has 32 heavy (non-hydrogen) atoms. The van der Waals surface area contributed by atoms with Gasteiger partial charge in [0.2, 0.25) is 0 Å². The third-order valence-corrected chi connectivity index (χ3v) is 4.86. The van der Waals surface area contributed by atoms with E-state index in [2.05, 4.69) is 0 Å². The lowest BCUT2D eigenvalue weighted by atomic mass is 10.0. The monoisotopic (exact) mass is 443 g/mol. The van der Waals surface area contributed by atoms with Crippen molar-refractivity contribution in [2.24, 2.45) is 0 Å². The van der Waals surface area contributed by atoms with Crippen LogP contribution in [0.25, 0.3) is 0 Å². The molecule has 0 aromatic heterocycles. The average molecular weight is 444 g/mol. The predicted octanol–water partition coefficient (Wildman–Crippen LogP) is 4.90. The van der Waals surface area contributed by atoms with Gasteiger partial charge in [-0.2, -0.15) is 0 Å². The second-order valence-electron chi connectivity index (χ2n) is 8.66. The van der Waals surface area contributed by atoms with E-state index in [1.54, 1.807) is 12.0 Å². The summed E-state index contributed by atoms with van der Waals surface area (Å²) in [6.45, 7) is 7.42. The van der Waals surface area contributed by atoms with Gasteiger partial charge in [0.1, 0.15) is 35.1 Å². The van der Waals surface area contributed by atoms with Crippen LogP contribution in [0.5, 0.6) is 17.2 Å². The van der Waals surface area contributed by atoms with Gasteiger partial charge in [0.05, 0.1) is 19.8 Å². The number of hydrogen-bond donors (Lipinski definition) is 0. The van der Waals surface area contributed by atoms with Crippen LogP contribution >= 0.6 is 0 Å². The summed E-state index contributed by atoms with van der Waals surface area (Å²) in [4.78, 5) is 14.2. The van der Waals surface area contributed by atoms with Gasteiger partial charge in [-0.1, -0.05) is 18.2 Å². The molecule has 0 aliphatic carbocycles. The van der Waals surface area contributed by atoms with Crippen molar-refractivity contribution >= 4 is 6.09 Å². The molecule has 0 unspecified atom stereocenters. The fraction of sp³-hybridized carbons (Fsp3) is 0.480. The lowest BCUT2D eigenvalue weighted by Crippen LogP contribution is -2.53. The maximum Gasteiger partial charge on any atom is 0.410 e. The number of ether oxygens (including phenoxy) is 5. The van der Waals surface area contributed by atoms with Gasteiger partial charge in [0.25, 0.3) is 0 Å². The number of likely N-dealkylation sites (tertiary alicyclic amines) is 1.